The van der Waals surface area contributed by atoms with E-state index in [1.807, 2.05) is 24.3 Å². The summed E-state index contributed by atoms with van der Waals surface area (Å²) in [6.07, 6.45) is 8.66. The van der Waals surface area contributed by atoms with Gasteiger partial charge in [-0.15, -0.1) is 0 Å². The van der Waals surface area contributed by atoms with Crippen molar-refractivity contribution in [2.45, 2.75) is 76.6 Å². The molecule has 0 saturated heterocycles. The van der Waals surface area contributed by atoms with Crippen molar-refractivity contribution in [3.8, 4) is 11.5 Å². The fraction of sp³-hybridized carbons (Fsp3) is 0.636. The lowest BCUT2D eigenvalue weighted by atomic mass is 9.87. The van der Waals surface area contributed by atoms with Crippen LogP contribution in [0.15, 0.2) is 30.4 Å². The third-order valence-corrected chi connectivity index (χ3v) is 5.49. The monoisotopic (exact) mass is 360 g/mol. The molecule has 26 heavy (non-hydrogen) atoms. The van der Waals surface area contributed by atoms with Gasteiger partial charge < -0.3 is 19.7 Å². The first-order chi connectivity index (χ1) is 12.7. The largest absolute Gasteiger partial charge is 0.490 e. The Bertz CT molecular complexity index is 612. The molecule has 3 rings (SSSR count). The number of unbranched alkanes of at least 4 members (excludes halogenated alkanes) is 2. The number of hydrogen-bond donors (Lipinski definition) is 2. The van der Waals surface area contributed by atoms with Crippen LogP contribution in [0, 0.1) is 5.92 Å². The van der Waals surface area contributed by atoms with Crippen LogP contribution in [-0.4, -0.2) is 35.1 Å². The first kappa shape index (κ1) is 19.2. The van der Waals surface area contributed by atoms with Crippen LogP contribution in [0.3, 0.4) is 0 Å². The van der Waals surface area contributed by atoms with Gasteiger partial charge in [-0.2, -0.15) is 0 Å². The quantitative estimate of drug-likeness (QED) is 0.512. The molecular formula is C22H32O4. The molecule has 0 bridgehead atoms. The summed E-state index contributed by atoms with van der Waals surface area (Å²) in [5.74, 6) is 1.74. The second-order valence-corrected chi connectivity index (χ2v) is 7.53. The molecule has 0 aromatic heterocycles. The van der Waals surface area contributed by atoms with E-state index in [-0.39, 0.29) is 17.9 Å². The summed E-state index contributed by atoms with van der Waals surface area (Å²) >= 11 is 0. The van der Waals surface area contributed by atoms with E-state index in [1.54, 1.807) is 0 Å². The van der Waals surface area contributed by atoms with Gasteiger partial charge in [-0.25, -0.2) is 0 Å². The zero-order chi connectivity index (χ0) is 18.5. The number of hydrogen-bond acceptors (Lipinski definition) is 4. The molecular weight excluding hydrogens is 328 g/mol. The average molecular weight is 360 g/mol. The van der Waals surface area contributed by atoms with Crippen LogP contribution in [-0.2, 0) is 0 Å². The lowest BCUT2D eigenvalue weighted by Crippen LogP contribution is -2.17. The molecule has 1 heterocycles. The molecule has 4 nitrogen and oxygen atoms in total. The minimum absolute atomic E-state index is 0.0155. The maximum atomic E-state index is 10.5. The van der Waals surface area contributed by atoms with Crippen LogP contribution in [0.25, 0.3) is 0 Å². The number of aliphatic hydroxyl groups excluding tert-OH is 2. The molecule has 144 valence electrons. The van der Waals surface area contributed by atoms with Gasteiger partial charge in [0.05, 0.1) is 18.8 Å². The van der Waals surface area contributed by atoms with Crippen LogP contribution in [0.4, 0.5) is 0 Å². The molecule has 2 aliphatic rings. The van der Waals surface area contributed by atoms with Crippen LogP contribution >= 0.6 is 0 Å². The molecule has 1 aliphatic heterocycles. The van der Waals surface area contributed by atoms with Crippen LogP contribution < -0.4 is 9.47 Å². The van der Waals surface area contributed by atoms with E-state index in [9.17, 15) is 10.2 Å². The second kappa shape index (κ2) is 8.92. The van der Waals surface area contributed by atoms with Crippen molar-refractivity contribution >= 4 is 0 Å². The summed E-state index contributed by atoms with van der Waals surface area (Å²) in [4.78, 5) is 0. The highest BCUT2D eigenvalue weighted by atomic mass is 16.5. The Labute approximate surface area is 156 Å². The van der Waals surface area contributed by atoms with Gasteiger partial charge in [0.1, 0.15) is 6.10 Å². The predicted octanol–water partition coefficient (Wildman–Crippen LogP) is 4.20. The van der Waals surface area contributed by atoms with Gasteiger partial charge in [0, 0.05) is 23.8 Å². The number of ether oxygens (including phenoxy) is 2. The normalized spacial score (nSPS) is 28.0. The molecule has 1 saturated carbocycles. The first-order valence-corrected chi connectivity index (χ1v) is 10.1. The van der Waals surface area contributed by atoms with Crippen LogP contribution in [0.5, 0.6) is 11.5 Å². The van der Waals surface area contributed by atoms with Crippen molar-refractivity contribution in [2.75, 3.05) is 6.61 Å². The third kappa shape index (κ3) is 4.07. The lowest BCUT2D eigenvalue weighted by Gasteiger charge is -2.18. The smallest absolute Gasteiger partial charge is 0.165 e. The van der Waals surface area contributed by atoms with Crippen molar-refractivity contribution in [1.82, 2.24) is 0 Å². The van der Waals surface area contributed by atoms with Gasteiger partial charge in [0.15, 0.2) is 11.5 Å². The minimum Gasteiger partial charge on any atom is -0.490 e. The predicted molar refractivity (Wildman–Crippen MR) is 103 cm³/mol. The molecule has 4 heteroatoms. The fourth-order valence-corrected chi connectivity index (χ4v) is 4.16. The highest BCUT2D eigenvalue weighted by Gasteiger charge is 2.49. The Kier molecular flexibility index (Phi) is 6.60. The molecule has 2 N–H and O–H groups in total. The summed E-state index contributed by atoms with van der Waals surface area (Å²) in [6, 6.07) is 6.03. The number of fused-ring (bicyclic) bond motifs is 3. The molecule has 0 unspecified atom stereocenters. The summed E-state index contributed by atoms with van der Waals surface area (Å²) in [5.41, 5.74) is 1.12. The SMILES string of the molecule is CCCCC[C@H](O)C=C[C@@H]1[C@H]2c3cccc(OCCC)c3O[C@H]2C[C@H]1O. The maximum Gasteiger partial charge on any atom is 0.165 e. The molecule has 1 aromatic carbocycles. The Morgan fingerprint density at radius 1 is 1.27 bits per heavy atom. The second-order valence-electron chi connectivity index (χ2n) is 7.53. The fourth-order valence-electron chi connectivity index (χ4n) is 4.16. The highest BCUT2D eigenvalue weighted by Crippen LogP contribution is 2.53. The van der Waals surface area contributed by atoms with Gasteiger partial charge in [-0.3, -0.25) is 0 Å². The molecule has 0 spiro atoms. The summed E-state index contributed by atoms with van der Waals surface area (Å²) in [7, 11) is 0. The summed E-state index contributed by atoms with van der Waals surface area (Å²) in [5, 5.41) is 20.7. The maximum absolute atomic E-state index is 10.5. The van der Waals surface area contributed by atoms with E-state index < -0.39 is 12.2 Å². The van der Waals surface area contributed by atoms with Crippen molar-refractivity contribution in [2.24, 2.45) is 5.92 Å². The third-order valence-electron chi connectivity index (χ3n) is 5.49. The van der Waals surface area contributed by atoms with Crippen LogP contribution in [0.2, 0.25) is 0 Å². The number of aliphatic hydroxyl groups is 2. The molecule has 1 aromatic rings. The zero-order valence-electron chi connectivity index (χ0n) is 15.9. The van der Waals surface area contributed by atoms with E-state index in [4.69, 9.17) is 9.47 Å². The van der Waals surface area contributed by atoms with Gasteiger partial charge >= 0.3 is 0 Å². The molecule has 0 radical (unpaired) electrons. The van der Waals surface area contributed by atoms with E-state index >= 15 is 0 Å². The Morgan fingerprint density at radius 2 is 2.12 bits per heavy atom. The number of benzene rings is 1. The topological polar surface area (TPSA) is 58.9 Å². The van der Waals surface area contributed by atoms with E-state index in [2.05, 4.69) is 19.9 Å². The Hall–Kier alpha value is -1.52. The molecule has 5 atom stereocenters. The van der Waals surface area contributed by atoms with Crippen LogP contribution in [0.1, 0.15) is 63.9 Å². The summed E-state index contributed by atoms with van der Waals surface area (Å²) in [6.45, 7) is 4.92. The summed E-state index contributed by atoms with van der Waals surface area (Å²) < 4.78 is 12.0. The lowest BCUT2D eigenvalue weighted by molar-refractivity contribution is 0.134. The molecule has 1 fully saturated rings. The highest BCUT2D eigenvalue weighted by molar-refractivity contribution is 5.53. The van der Waals surface area contributed by atoms with E-state index in [1.165, 1.54) is 0 Å². The van der Waals surface area contributed by atoms with Crippen molar-refractivity contribution in [3.63, 3.8) is 0 Å². The van der Waals surface area contributed by atoms with Gasteiger partial charge in [-0.1, -0.05) is 57.4 Å². The van der Waals surface area contributed by atoms with Crippen molar-refractivity contribution in [1.29, 1.82) is 0 Å². The number of para-hydroxylation sites is 1. The van der Waals surface area contributed by atoms with Crippen molar-refractivity contribution < 1.29 is 19.7 Å². The van der Waals surface area contributed by atoms with Gasteiger partial charge in [-0.05, 0) is 18.9 Å². The average Bonchev–Trinajstić information content (AvgIpc) is 3.13. The molecule has 1 aliphatic carbocycles. The number of rotatable bonds is 9. The van der Waals surface area contributed by atoms with Gasteiger partial charge in [0.25, 0.3) is 0 Å². The standard InChI is InChI=1S/C22H32O4/c1-3-5-6-8-15(23)11-12-16-18(24)14-20-21(16)17-9-7-10-19(22(17)26-20)25-13-4-2/h7,9-12,15-16,18,20-21,23-24H,3-6,8,13-14H2,1-2H3/t15-,16-,18+,20-,21-/m0/s1. The Balaban J connectivity index is 1.73. The van der Waals surface area contributed by atoms with E-state index in [0.717, 1.165) is 49.2 Å². The Morgan fingerprint density at radius 3 is 2.88 bits per heavy atom. The zero-order valence-corrected chi connectivity index (χ0v) is 15.9. The molecule has 0 amide bonds. The van der Waals surface area contributed by atoms with Crippen molar-refractivity contribution in [3.05, 3.63) is 35.9 Å². The van der Waals surface area contributed by atoms with Gasteiger partial charge in [0.2, 0.25) is 0 Å². The first-order valence-electron chi connectivity index (χ1n) is 10.1. The van der Waals surface area contributed by atoms with E-state index in [0.29, 0.717) is 13.0 Å². The minimum atomic E-state index is -0.436.